The van der Waals surface area contributed by atoms with Crippen LogP contribution in [-0.2, 0) is 17.0 Å². The number of benzene rings is 1. The molecule has 2 heterocycles. The molecule has 0 amide bonds. The van der Waals surface area contributed by atoms with Crippen molar-refractivity contribution in [3.05, 3.63) is 44.5 Å². The minimum Gasteiger partial charge on any atom is -0.460 e. The Bertz CT molecular complexity index is 992. The fraction of sp³-hybridized carbons (Fsp3) is 0.353. The van der Waals surface area contributed by atoms with E-state index < -0.39 is 5.97 Å². The van der Waals surface area contributed by atoms with Gasteiger partial charge in [-0.15, -0.1) is 5.10 Å². The summed E-state index contributed by atoms with van der Waals surface area (Å²) in [5, 5.41) is 7.95. The lowest BCUT2D eigenvalue weighted by Crippen LogP contribution is -2.17. The van der Waals surface area contributed by atoms with E-state index in [0.29, 0.717) is 23.0 Å². The Hall–Kier alpha value is -2.00. The van der Waals surface area contributed by atoms with E-state index in [1.54, 1.807) is 17.6 Å². The highest BCUT2D eigenvalue weighted by Crippen LogP contribution is 2.33. The van der Waals surface area contributed by atoms with Crippen molar-refractivity contribution in [2.24, 2.45) is 0 Å². The number of rotatable bonds is 7. The second-order valence-corrected chi connectivity index (χ2v) is 7.38. The first-order chi connectivity index (χ1) is 12.5. The van der Waals surface area contributed by atoms with Gasteiger partial charge in [-0.1, -0.05) is 34.6 Å². The highest BCUT2D eigenvalue weighted by atomic mass is 79.9. The molecule has 0 radical (unpaired) electrons. The lowest BCUT2D eigenvalue weighted by Gasteiger charge is -2.05. The third kappa shape index (κ3) is 3.73. The topological polar surface area (TPSA) is 90.1 Å². The number of thioether (sulfide) groups is 1. The van der Waals surface area contributed by atoms with Crippen LogP contribution in [0.25, 0.3) is 11.0 Å². The quantitative estimate of drug-likeness (QED) is 0.442. The molecule has 3 rings (SSSR count). The number of carbonyl (C=O) groups is 1. The van der Waals surface area contributed by atoms with Gasteiger partial charge in [0.15, 0.2) is 5.16 Å². The normalized spacial score (nSPS) is 11.2. The van der Waals surface area contributed by atoms with Gasteiger partial charge in [0.1, 0.15) is 5.58 Å². The molecule has 0 saturated carbocycles. The highest BCUT2D eigenvalue weighted by Gasteiger charge is 2.23. The van der Waals surface area contributed by atoms with Gasteiger partial charge in [0.25, 0.3) is 0 Å². The number of hydrogen-bond acceptors (Lipinski definition) is 6. The number of furan rings is 1. The Morgan fingerprint density at radius 1 is 1.42 bits per heavy atom. The van der Waals surface area contributed by atoms with Gasteiger partial charge < -0.3 is 9.15 Å². The molecule has 1 N–H and O–H groups in total. The van der Waals surface area contributed by atoms with E-state index in [9.17, 15) is 9.59 Å². The SMILES string of the molecule is CCCn1c(SCc2c(C(=O)OCC)oc3ccc(Br)cc23)n[nH]c1=O. The molecular formula is C17H18BrN3O4S. The van der Waals surface area contributed by atoms with Crippen molar-refractivity contribution < 1.29 is 13.9 Å². The summed E-state index contributed by atoms with van der Waals surface area (Å²) in [5.41, 5.74) is 1.10. The van der Waals surface area contributed by atoms with Crippen molar-refractivity contribution in [2.45, 2.75) is 37.7 Å². The maximum Gasteiger partial charge on any atom is 0.374 e. The molecule has 0 aliphatic heterocycles. The van der Waals surface area contributed by atoms with Crippen molar-refractivity contribution >= 4 is 44.6 Å². The molecule has 0 fully saturated rings. The molecule has 0 aliphatic carbocycles. The molecule has 0 saturated heterocycles. The van der Waals surface area contributed by atoms with Crippen molar-refractivity contribution in [2.75, 3.05) is 6.61 Å². The zero-order valence-corrected chi connectivity index (χ0v) is 16.8. The smallest absolute Gasteiger partial charge is 0.374 e. The predicted octanol–water partition coefficient (Wildman–Crippen LogP) is 3.96. The minimum atomic E-state index is -0.497. The Morgan fingerprint density at radius 2 is 2.23 bits per heavy atom. The number of nitrogens with zero attached hydrogens (tertiary/aromatic N) is 2. The van der Waals surface area contributed by atoms with Crippen LogP contribution >= 0.6 is 27.7 Å². The Balaban J connectivity index is 1.98. The largest absolute Gasteiger partial charge is 0.460 e. The van der Waals surface area contributed by atoms with Crippen LogP contribution in [0.2, 0.25) is 0 Å². The average Bonchev–Trinajstić information content (AvgIpc) is 3.15. The summed E-state index contributed by atoms with van der Waals surface area (Å²) in [6, 6.07) is 5.56. The monoisotopic (exact) mass is 439 g/mol. The van der Waals surface area contributed by atoms with E-state index in [1.165, 1.54) is 11.8 Å². The molecule has 26 heavy (non-hydrogen) atoms. The number of nitrogens with one attached hydrogen (secondary N) is 1. The number of carbonyl (C=O) groups excluding carboxylic acids is 1. The fourth-order valence-electron chi connectivity index (χ4n) is 2.60. The van der Waals surface area contributed by atoms with Crippen LogP contribution in [0.4, 0.5) is 0 Å². The summed E-state index contributed by atoms with van der Waals surface area (Å²) in [6.45, 7) is 4.59. The summed E-state index contributed by atoms with van der Waals surface area (Å²) in [7, 11) is 0. The number of hydrogen-bond donors (Lipinski definition) is 1. The number of ether oxygens (including phenoxy) is 1. The molecule has 2 aromatic heterocycles. The van der Waals surface area contributed by atoms with Crippen molar-refractivity contribution in [3.63, 3.8) is 0 Å². The van der Waals surface area contributed by atoms with Crippen molar-refractivity contribution in [1.82, 2.24) is 14.8 Å². The van der Waals surface area contributed by atoms with Crippen molar-refractivity contribution in [3.8, 4) is 0 Å². The lowest BCUT2D eigenvalue weighted by atomic mass is 10.1. The second-order valence-electron chi connectivity index (χ2n) is 5.52. The van der Waals surface area contributed by atoms with E-state index in [2.05, 4.69) is 26.1 Å². The van der Waals surface area contributed by atoms with E-state index in [0.717, 1.165) is 21.8 Å². The van der Waals surface area contributed by atoms with Crippen LogP contribution in [0, 0.1) is 0 Å². The minimum absolute atomic E-state index is 0.187. The molecule has 0 atom stereocenters. The molecule has 0 aliphatic rings. The Labute approximate surface area is 162 Å². The first kappa shape index (κ1) is 18.8. The number of esters is 1. The summed E-state index contributed by atoms with van der Waals surface area (Å²) in [4.78, 5) is 24.1. The second kappa shape index (κ2) is 8.13. The molecular weight excluding hydrogens is 422 g/mol. The van der Waals surface area contributed by atoms with Crippen molar-refractivity contribution in [1.29, 1.82) is 0 Å². The van der Waals surface area contributed by atoms with Crippen LogP contribution in [0.1, 0.15) is 36.4 Å². The Kier molecular flexibility index (Phi) is 5.87. The van der Waals surface area contributed by atoms with Crippen LogP contribution in [0.5, 0.6) is 0 Å². The first-order valence-corrected chi connectivity index (χ1v) is 9.99. The average molecular weight is 440 g/mol. The number of fused-ring (bicyclic) bond motifs is 1. The molecule has 0 spiro atoms. The fourth-order valence-corrected chi connectivity index (χ4v) is 3.96. The number of aromatic nitrogens is 3. The predicted molar refractivity (Wildman–Crippen MR) is 103 cm³/mol. The number of aromatic amines is 1. The van der Waals surface area contributed by atoms with E-state index in [1.807, 2.05) is 19.1 Å². The van der Waals surface area contributed by atoms with Crippen LogP contribution in [0.3, 0.4) is 0 Å². The van der Waals surface area contributed by atoms with Gasteiger partial charge in [-0.05, 0) is 31.5 Å². The van der Waals surface area contributed by atoms with E-state index in [-0.39, 0.29) is 18.1 Å². The van der Waals surface area contributed by atoms with E-state index >= 15 is 0 Å². The van der Waals surface area contributed by atoms with Crippen LogP contribution in [0.15, 0.2) is 37.0 Å². The summed E-state index contributed by atoms with van der Waals surface area (Å²) >= 11 is 4.82. The molecule has 1 aromatic carbocycles. The van der Waals surface area contributed by atoms with Gasteiger partial charge in [-0.3, -0.25) is 4.57 Å². The third-order valence-electron chi connectivity index (χ3n) is 3.73. The summed E-state index contributed by atoms with van der Waals surface area (Å²) in [5.74, 6) is 0.113. The maximum absolute atomic E-state index is 12.3. The van der Waals surface area contributed by atoms with Crippen LogP contribution < -0.4 is 5.69 Å². The standard InChI is InChI=1S/C17H18BrN3O4S/c1-3-7-21-16(23)19-20-17(21)26-9-12-11-8-10(18)5-6-13(11)25-14(12)15(22)24-4-2/h5-6,8H,3-4,7,9H2,1-2H3,(H,19,23). The molecule has 0 unspecified atom stereocenters. The van der Waals surface area contributed by atoms with Gasteiger partial charge >= 0.3 is 11.7 Å². The van der Waals surface area contributed by atoms with Gasteiger partial charge in [0.2, 0.25) is 5.76 Å². The summed E-state index contributed by atoms with van der Waals surface area (Å²) < 4.78 is 13.3. The number of halogens is 1. The van der Waals surface area contributed by atoms with Crippen LogP contribution in [-0.4, -0.2) is 27.3 Å². The van der Waals surface area contributed by atoms with Gasteiger partial charge in [-0.2, -0.15) is 0 Å². The highest BCUT2D eigenvalue weighted by molar-refractivity contribution is 9.10. The molecule has 7 nitrogen and oxygen atoms in total. The lowest BCUT2D eigenvalue weighted by molar-refractivity contribution is 0.0491. The molecule has 138 valence electrons. The Morgan fingerprint density at radius 3 is 2.96 bits per heavy atom. The molecule has 0 bridgehead atoms. The molecule has 9 heteroatoms. The zero-order valence-electron chi connectivity index (χ0n) is 14.4. The third-order valence-corrected chi connectivity index (χ3v) is 5.23. The molecule has 3 aromatic rings. The maximum atomic E-state index is 12.3. The van der Waals surface area contributed by atoms with Gasteiger partial charge in [-0.25, -0.2) is 14.7 Å². The van der Waals surface area contributed by atoms with E-state index in [4.69, 9.17) is 9.15 Å². The first-order valence-electron chi connectivity index (χ1n) is 8.21. The number of H-pyrrole nitrogens is 1. The van der Waals surface area contributed by atoms with Gasteiger partial charge in [0.05, 0.1) is 6.61 Å². The summed E-state index contributed by atoms with van der Waals surface area (Å²) in [6.07, 6.45) is 0.822. The van der Waals surface area contributed by atoms with Gasteiger partial charge in [0, 0.05) is 27.7 Å². The zero-order chi connectivity index (χ0) is 18.7.